The molecule has 120 valence electrons. The molecule has 1 rings (SSSR count). The maximum atomic E-state index is 11.8. The van der Waals surface area contributed by atoms with Gasteiger partial charge in [0.25, 0.3) is 11.8 Å². The van der Waals surface area contributed by atoms with E-state index in [0.29, 0.717) is 5.01 Å². The zero-order chi connectivity index (χ0) is 16.7. The molecule has 8 nitrogen and oxygen atoms in total. The zero-order valence-electron chi connectivity index (χ0n) is 11.5. The minimum atomic E-state index is -1.75. The van der Waals surface area contributed by atoms with Gasteiger partial charge in [-0.1, -0.05) is 30.3 Å². The van der Waals surface area contributed by atoms with E-state index in [-0.39, 0.29) is 6.54 Å². The van der Waals surface area contributed by atoms with E-state index in [1.807, 2.05) is 6.07 Å². The molecule has 0 bridgehead atoms. The lowest BCUT2D eigenvalue weighted by molar-refractivity contribution is -0.146. The Morgan fingerprint density at radius 1 is 1.27 bits per heavy atom. The molecule has 0 heterocycles. The number of carboxylic acids is 1. The zero-order valence-corrected chi connectivity index (χ0v) is 12.4. The van der Waals surface area contributed by atoms with E-state index in [1.54, 1.807) is 24.3 Å². The molecule has 0 aliphatic heterocycles. The summed E-state index contributed by atoms with van der Waals surface area (Å²) >= 11 is 3.83. The molecule has 0 saturated carbocycles. The number of thiol groups is 1. The van der Waals surface area contributed by atoms with Gasteiger partial charge in [0.2, 0.25) is 0 Å². The van der Waals surface area contributed by atoms with E-state index in [4.69, 9.17) is 10.9 Å². The first-order valence-corrected chi connectivity index (χ1v) is 6.80. The third kappa shape index (κ3) is 5.35. The van der Waals surface area contributed by atoms with Crippen LogP contribution in [0.1, 0.15) is 5.56 Å². The van der Waals surface area contributed by atoms with Gasteiger partial charge in [0.05, 0.1) is 0 Å². The van der Waals surface area contributed by atoms with Crippen LogP contribution in [0, 0.1) is 0 Å². The second kappa shape index (κ2) is 8.37. The number of carbonyl (C=O) groups excluding carboxylic acids is 2. The van der Waals surface area contributed by atoms with Crippen LogP contribution >= 0.6 is 12.6 Å². The fourth-order valence-corrected chi connectivity index (χ4v) is 1.85. The second-order valence-electron chi connectivity index (χ2n) is 4.45. The topological polar surface area (TPSA) is 133 Å². The number of carboxylic acid groups (broad SMARTS) is 1. The molecule has 2 atom stereocenters. The number of nitrogens with zero attached hydrogens (tertiary/aromatic N) is 1. The highest BCUT2D eigenvalue weighted by atomic mass is 32.1. The van der Waals surface area contributed by atoms with Crippen LogP contribution in [0.3, 0.4) is 0 Å². The highest BCUT2D eigenvalue weighted by Crippen LogP contribution is 2.07. The van der Waals surface area contributed by atoms with Gasteiger partial charge >= 0.3 is 5.97 Å². The number of hydrogen-bond acceptors (Lipinski definition) is 6. The Morgan fingerprint density at radius 2 is 1.86 bits per heavy atom. The summed E-state index contributed by atoms with van der Waals surface area (Å²) in [5.74, 6) is 2.14. The molecule has 0 aliphatic rings. The molecule has 0 aromatic heterocycles. The van der Waals surface area contributed by atoms with Crippen molar-refractivity contribution in [1.29, 1.82) is 0 Å². The van der Waals surface area contributed by atoms with E-state index in [0.717, 1.165) is 5.56 Å². The molecule has 9 heteroatoms. The molecule has 1 aromatic carbocycles. The van der Waals surface area contributed by atoms with Crippen molar-refractivity contribution < 1.29 is 24.6 Å². The standard InChI is InChI=1S/C13H17N3O5S/c14-16(7-9(17)18)13(21)11(22)10(19)12(20)15-6-8-4-2-1-3-5-8/h1-5,10-11,19,22H,6-7,14H2,(H,15,20)(H,17,18)/t10-,11+/m0/s1. The lowest BCUT2D eigenvalue weighted by Crippen LogP contribution is -2.51. The van der Waals surface area contributed by atoms with Crippen molar-refractivity contribution in [2.45, 2.75) is 17.9 Å². The Hall–Kier alpha value is -2.10. The maximum Gasteiger partial charge on any atom is 0.324 e. The fraction of sp³-hybridized carbons (Fsp3) is 0.308. The molecule has 0 unspecified atom stereocenters. The first kappa shape index (κ1) is 18.0. The predicted molar refractivity (Wildman–Crippen MR) is 80.6 cm³/mol. The third-order valence-electron chi connectivity index (χ3n) is 2.72. The van der Waals surface area contributed by atoms with E-state index in [9.17, 15) is 19.5 Å². The average Bonchev–Trinajstić information content (AvgIpc) is 2.50. The number of aliphatic carboxylic acids is 1. The molecule has 0 radical (unpaired) electrons. The number of aliphatic hydroxyl groups excluding tert-OH is 1. The van der Waals surface area contributed by atoms with Crippen LogP contribution in [0.4, 0.5) is 0 Å². The van der Waals surface area contributed by atoms with Crippen molar-refractivity contribution in [3.05, 3.63) is 35.9 Å². The van der Waals surface area contributed by atoms with Crippen molar-refractivity contribution in [2.75, 3.05) is 6.54 Å². The monoisotopic (exact) mass is 327 g/mol. The maximum absolute atomic E-state index is 11.8. The van der Waals surface area contributed by atoms with Gasteiger partial charge in [0.15, 0.2) is 6.10 Å². The summed E-state index contributed by atoms with van der Waals surface area (Å²) in [5.41, 5.74) is 0.816. The number of hydrogen-bond donors (Lipinski definition) is 5. The van der Waals surface area contributed by atoms with Crippen LogP contribution < -0.4 is 11.2 Å². The second-order valence-corrected chi connectivity index (χ2v) is 5.01. The minimum absolute atomic E-state index is 0.173. The summed E-state index contributed by atoms with van der Waals surface area (Å²) in [6.07, 6.45) is -1.75. The largest absolute Gasteiger partial charge is 0.480 e. The van der Waals surface area contributed by atoms with Gasteiger partial charge in [-0.15, -0.1) is 0 Å². The smallest absolute Gasteiger partial charge is 0.324 e. The Labute approximate surface area is 132 Å². The van der Waals surface area contributed by atoms with Crippen molar-refractivity contribution in [2.24, 2.45) is 5.84 Å². The number of nitrogens with two attached hydrogens (primary N) is 1. The van der Waals surface area contributed by atoms with Crippen LogP contribution in [0.2, 0.25) is 0 Å². The highest BCUT2D eigenvalue weighted by Gasteiger charge is 2.32. The van der Waals surface area contributed by atoms with Crippen molar-refractivity contribution >= 4 is 30.4 Å². The molecular formula is C13H17N3O5S. The van der Waals surface area contributed by atoms with Crippen molar-refractivity contribution in [3.8, 4) is 0 Å². The summed E-state index contributed by atoms with van der Waals surface area (Å²) < 4.78 is 0. The summed E-state index contributed by atoms with van der Waals surface area (Å²) in [6.45, 7) is -0.582. The predicted octanol–water partition coefficient (Wildman–Crippen LogP) is -1.25. The Balaban J connectivity index is 2.54. The number of aliphatic hydroxyl groups is 1. The molecule has 0 fully saturated rings. The first-order chi connectivity index (χ1) is 10.3. The normalized spacial score (nSPS) is 13.0. The number of nitrogens with one attached hydrogen (secondary N) is 1. The number of amides is 2. The van der Waals surface area contributed by atoms with Gasteiger partial charge in [0, 0.05) is 6.54 Å². The van der Waals surface area contributed by atoms with Gasteiger partial charge in [-0.3, -0.25) is 19.4 Å². The molecule has 0 aliphatic carbocycles. The quantitative estimate of drug-likeness (QED) is 0.184. The SMILES string of the molecule is NN(CC(=O)O)C(=O)[C@H](S)[C@H](O)C(=O)NCc1ccccc1. The molecule has 5 N–H and O–H groups in total. The summed E-state index contributed by atoms with van der Waals surface area (Å²) in [4.78, 5) is 33.9. The number of hydrazine groups is 1. The minimum Gasteiger partial charge on any atom is -0.480 e. The van der Waals surface area contributed by atoms with E-state index in [2.05, 4.69) is 17.9 Å². The lowest BCUT2D eigenvalue weighted by atomic mass is 10.2. The number of rotatable bonds is 7. The van der Waals surface area contributed by atoms with Crippen LogP contribution in [0.25, 0.3) is 0 Å². The fourth-order valence-electron chi connectivity index (χ4n) is 1.56. The Kier molecular flexibility index (Phi) is 6.83. The first-order valence-electron chi connectivity index (χ1n) is 6.28. The molecule has 22 heavy (non-hydrogen) atoms. The molecular weight excluding hydrogens is 310 g/mol. The number of benzene rings is 1. The third-order valence-corrected chi connectivity index (χ3v) is 3.22. The molecule has 1 aromatic rings. The lowest BCUT2D eigenvalue weighted by Gasteiger charge is -2.21. The average molecular weight is 327 g/mol. The van der Waals surface area contributed by atoms with Crippen LogP contribution in [-0.2, 0) is 20.9 Å². The van der Waals surface area contributed by atoms with Crippen LogP contribution in [0.15, 0.2) is 30.3 Å². The number of carbonyl (C=O) groups is 3. The summed E-state index contributed by atoms with van der Waals surface area (Å²) in [5, 5.41) is 19.7. The van der Waals surface area contributed by atoms with Gasteiger partial charge in [-0.25, -0.2) is 5.84 Å². The van der Waals surface area contributed by atoms with Crippen molar-refractivity contribution in [3.63, 3.8) is 0 Å². The van der Waals surface area contributed by atoms with Crippen molar-refractivity contribution in [1.82, 2.24) is 10.3 Å². The van der Waals surface area contributed by atoms with Gasteiger partial charge < -0.3 is 15.5 Å². The summed E-state index contributed by atoms with van der Waals surface area (Å²) in [7, 11) is 0. The van der Waals surface area contributed by atoms with Gasteiger partial charge in [-0.2, -0.15) is 12.6 Å². The van der Waals surface area contributed by atoms with Gasteiger partial charge in [-0.05, 0) is 5.56 Å². The Bertz CT molecular complexity index is 540. The Morgan fingerprint density at radius 3 is 2.41 bits per heavy atom. The summed E-state index contributed by atoms with van der Waals surface area (Å²) in [6, 6.07) is 8.97. The highest BCUT2D eigenvalue weighted by molar-refractivity contribution is 7.81. The van der Waals surface area contributed by atoms with Crippen LogP contribution in [0.5, 0.6) is 0 Å². The van der Waals surface area contributed by atoms with E-state index >= 15 is 0 Å². The molecule has 2 amide bonds. The van der Waals surface area contributed by atoms with E-state index < -0.39 is 35.7 Å². The van der Waals surface area contributed by atoms with Gasteiger partial charge in [0.1, 0.15) is 11.8 Å². The molecule has 0 spiro atoms. The molecule has 0 saturated heterocycles. The van der Waals surface area contributed by atoms with E-state index in [1.165, 1.54) is 0 Å². The van der Waals surface area contributed by atoms with Crippen LogP contribution in [-0.4, -0.2) is 50.9 Å².